The first-order chi connectivity index (χ1) is 11.0. The number of benzene rings is 2. The Morgan fingerprint density at radius 2 is 1.67 bits per heavy atom. The zero-order valence-corrected chi connectivity index (χ0v) is 14.4. The molecule has 0 radical (unpaired) electrons. The molecule has 1 atom stereocenters. The highest BCUT2D eigenvalue weighted by Gasteiger charge is 2.33. The van der Waals surface area contributed by atoms with Crippen molar-refractivity contribution in [1.82, 2.24) is 4.72 Å². The van der Waals surface area contributed by atoms with Crippen LogP contribution in [0.25, 0.3) is 0 Å². The van der Waals surface area contributed by atoms with Gasteiger partial charge in [-0.3, -0.25) is 0 Å². The maximum absolute atomic E-state index is 12.8. The van der Waals surface area contributed by atoms with E-state index in [1.165, 1.54) is 0 Å². The van der Waals surface area contributed by atoms with Crippen LogP contribution in [-0.2, 0) is 16.2 Å². The van der Waals surface area contributed by atoms with Crippen LogP contribution in [-0.4, -0.2) is 8.42 Å². The molecule has 0 fully saturated rings. The molecule has 130 valence electrons. The minimum absolute atomic E-state index is 0.272. The standard InChI is InChI=1S/C16H15ClF3NO2S/c1-10-3-5-12(6-4-10)11(2)21-24(22,23)15-9-13(16(18,19)20)7-8-14(15)17/h3-9,11,21H,1-2H3. The number of nitrogens with one attached hydrogen (secondary N) is 1. The number of halogens is 4. The third-order valence-electron chi connectivity index (χ3n) is 3.46. The van der Waals surface area contributed by atoms with E-state index in [4.69, 9.17) is 11.6 Å². The molecule has 1 unspecified atom stereocenters. The predicted molar refractivity (Wildman–Crippen MR) is 86.4 cm³/mol. The van der Waals surface area contributed by atoms with Gasteiger partial charge in [0.1, 0.15) is 4.90 Å². The maximum atomic E-state index is 12.8. The van der Waals surface area contributed by atoms with Crippen molar-refractivity contribution in [2.24, 2.45) is 0 Å². The van der Waals surface area contributed by atoms with E-state index < -0.39 is 32.7 Å². The molecule has 0 aliphatic carbocycles. The molecular formula is C16H15ClF3NO2S. The fourth-order valence-corrected chi connectivity index (χ4v) is 3.86. The summed E-state index contributed by atoms with van der Waals surface area (Å²) in [7, 11) is -4.21. The molecule has 2 rings (SSSR count). The molecular weight excluding hydrogens is 363 g/mol. The number of alkyl halides is 3. The number of hydrogen-bond donors (Lipinski definition) is 1. The summed E-state index contributed by atoms with van der Waals surface area (Å²) in [5.74, 6) is 0. The van der Waals surface area contributed by atoms with Crippen molar-refractivity contribution in [3.63, 3.8) is 0 Å². The van der Waals surface area contributed by atoms with Crippen molar-refractivity contribution >= 4 is 21.6 Å². The van der Waals surface area contributed by atoms with Gasteiger partial charge in [-0.1, -0.05) is 41.4 Å². The van der Waals surface area contributed by atoms with Crippen LogP contribution >= 0.6 is 11.6 Å². The van der Waals surface area contributed by atoms with Gasteiger partial charge in [-0.25, -0.2) is 13.1 Å². The highest BCUT2D eigenvalue weighted by atomic mass is 35.5. The highest BCUT2D eigenvalue weighted by molar-refractivity contribution is 7.89. The number of sulfonamides is 1. The van der Waals surface area contributed by atoms with Gasteiger partial charge < -0.3 is 0 Å². The molecule has 1 N–H and O–H groups in total. The van der Waals surface area contributed by atoms with Crippen LogP contribution in [0.5, 0.6) is 0 Å². The third kappa shape index (κ3) is 4.28. The van der Waals surface area contributed by atoms with E-state index in [0.717, 1.165) is 17.7 Å². The molecule has 0 heterocycles. The van der Waals surface area contributed by atoms with Crippen molar-refractivity contribution in [3.8, 4) is 0 Å². The number of rotatable bonds is 4. The average Bonchev–Trinajstić information content (AvgIpc) is 2.46. The van der Waals surface area contributed by atoms with E-state index >= 15 is 0 Å². The summed E-state index contributed by atoms with van der Waals surface area (Å²) in [4.78, 5) is -0.599. The molecule has 0 aliphatic rings. The van der Waals surface area contributed by atoms with E-state index in [1.807, 2.05) is 19.1 Å². The lowest BCUT2D eigenvalue weighted by molar-refractivity contribution is -0.137. The summed E-state index contributed by atoms with van der Waals surface area (Å²) in [6.07, 6.45) is -4.66. The van der Waals surface area contributed by atoms with Crippen molar-refractivity contribution in [3.05, 3.63) is 64.2 Å². The second kappa shape index (κ2) is 6.74. The highest BCUT2D eigenvalue weighted by Crippen LogP contribution is 2.33. The van der Waals surface area contributed by atoms with Crippen LogP contribution in [0.1, 0.15) is 29.7 Å². The lowest BCUT2D eigenvalue weighted by Crippen LogP contribution is -2.27. The summed E-state index contributed by atoms with van der Waals surface area (Å²) < 4.78 is 65.6. The van der Waals surface area contributed by atoms with Crippen LogP contribution in [0.2, 0.25) is 5.02 Å². The minimum atomic E-state index is -4.66. The van der Waals surface area contributed by atoms with Gasteiger partial charge in [-0.2, -0.15) is 13.2 Å². The summed E-state index contributed by atoms with van der Waals surface area (Å²) in [5, 5.41) is -0.272. The third-order valence-corrected chi connectivity index (χ3v) is 5.48. The molecule has 2 aromatic rings. The van der Waals surface area contributed by atoms with Gasteiger partial charge >= 0.3 is 6.18 Å². The second-order valence-corrected chi connectivity index (χ2v) is 7.49. The molecule has 3 nitrogen and oxygen atoms in total. The van der Waals surface area contributed by atoms with Crippen molar-refractivity contribution in [2.45, 2.75) is 31.0 Å². The summed E-state index contributed by atoms with van der Waals surface area (Å²) in [6.45, 7) is 3.49. The van der Waals surface area contributed by atoms with Gasteiger partial charge in [0.05, 0.1) is 10.6 Å². The predicted octanol–water partition coefficient (Wildman–Crippen LogP) is 4.71. The minimum Gasteiger partial charge on any atom is -0.207 e. The van der Waals surface area contributed by atoms with Crippen LogP contribution in [0.15, 0.2) is 47.4 Å². The number of aryl methyl sites for hydroxylation is 1. The van der Waals surface area contributed by atoms with Gasteiger partial charge in [0.2, 0.25) is 10.0 Å². The van der Waals surface area contributed by atoms with Crippen LogP contribution in [0.4, 0.5) is 13.2 Å². The van der Waals surface area contributed by atoms with Gasteiger partial charge in [-0.05, 0) is 37.6 Å². The van der Waals surface area contributed by atoms with E-state index in [0.29, 0.717) is 11.6 Å². The average molecular weight is 378 g/mol. The largest absolute Gasteiger partial charge is 0.416 e. The Kier molecular flexibility index (Phi) is 5.27. The molecule has 24 heavy (non-hydrogen) atoms. The first-order valence-corrected chi connectivity index (χ1v) is 8.82. The van der Waals surface area contributed by atoms with Gasteiger partial charge in [0.25, 0.3) is 0 Å². The Morgan fingerprint density at radius 1 is 1.08 bits per heavy atom. The first kappa shape index (κ1) is 18.8. The van der Waals surface area contributed by atoms with Crippen LogP contribution in [0, 0.1) is 6.92 Å². The molecule has 0 aliphatic heterocycles. The Labute approximate surface area is 143 Å². The first-order valence-electron chi connectivity index (χ1n) is 6.96. The Bertz CT molecular complexity index is 833. The lowest BCUT2D eigenvalue weighted by atomic mass is 10.1. The van der Waals surface area contributed by atoms with E-state index in [2.05, 4.69) is 4.72 Å². The summed E-state index contributed by atoms with van der Waals surface area (Å²) in [5.41, 5.74) is 0.622. The Balaban J connectivity index is 2.35. The van der Waals surface area contributed by atoms with Crippen molar-refractivity contribution < 1.29 is 21.6 Å². The van der Waals surface area contributed by atoms with Crippen LogP contribution in [0.3, 0.4) is 0 Å². The molecule has 0 spiro atoms. The van der Waals surface area contributed by atoms with Gasteiger partial charge in [0, 0.05) is 6.04 Å². The summed E-state index contributed by atoms with van der Waals surface area (Å²) in [6, 6.07) is 8.70. The Hall–Kier alpha value is -1.57. The zero-order valence-electron chi connectivity index (χ0n) is 12.9. The molecule has 0 aromatic heterocycles. The molecule has 0 amide bonds. The molecule has 0 saturated carbocycles. The Morgan fingerprint density at radius 3 is 2.21 bits per heavy atom. The van der Waals surface area contributed by atoms with Crippen molar-refractivity contribution in [2.75, 3.05) is 0 Å². The van der Waals surface area contributed by atoms with E-state index in [1.54, 1.807) is 19.1 Å². The quantitative estimate of drug-likeness (QED) is 0.839. The van der Waals surface area contributed by atoms with E-state index in [9.17, 15) is 21.6 Å². The number of hydrogen-bond acceptors (Lipinski definition) is 2. The topological polar surface area (TPSA) is 46.2 Å². The van der Waals surface area contributed by atoms with Gasteiger partial charge in [-0.15, -0.1) is 0 Å². The monoisotopic (exact) mass is 377 g/mol. The van der Waals surface area contributed by atoms with Gasteiger partial charge in [0.15, 0.2) is 0 Å². The molecule has 8 heteroatoms. The fraction of sp³-hybridized carbons (Fsp3) is 0.250. The SMILES string of the molecule is Cc1ccc(C(C)NS(=O)(=O)c2cc(C(F)(F)F)ccc2Cl)cc1. The summed E-state index contributed by atoms with van der Waals surface area (Å²) >= 11 is 5.79. The van der Waals surface area contributed by atoms with Crippen molar-refractivity contribution in [1.29, 1.82) is 0 Å². The molecule has 0 bridgehead atoms. The zero-order chi connectivity index (χ0) is 18.1. The van der Waals surface area contributed by atoms with Crippen LogP contribution < -0.4 is 4.72 Å². The molecule has 2 aromatic carbocycles. The normalized spacial score (nSPS) is 13.8. The molecule has 0 saturated heterocycles. The second-order valence-electron chi connectivity index (χ2n) is 5.40. The maximum Gasteiger partial charge on any atom is 0.416 e. The lowest BCUT2D eigenvalue weighted by Gasteiger charge is -2.16. The van der Waals surface area contributed by atoms with E-state index in [-0.39, 0.29) is 5.02 Å². The smallest absolute Gasteiger partial charge is 0.207 e. The fourth-order valence-electron chi connectivity index (χ4n) is 2.11.